The Labute approximate surface area is 103 Å². The van der Waals surface area contributed by atoms with Gasteiger partial charge in [0, 0.05) is 16.6 Å². The molecule has 2 N–H and O–H groups in total. The highest BCUT2D eigenvalue weighted by Crippen LogP contribution is 2.33. The molecule has 0 aromatic heterocycles. The van der Waals surface area contributed by atoms with E-state index in [0.717, 1.165) is 10.5 Å². The Hall–Kier alpha value is 0.260. The molecule has 2 aliphatic rings. The molecular weight excluding hydrogens is 276 g/mol. The van der Waals surface area contributed by atoms with Gasteiger partial charge in [-0.2, -0.15) is 0 Å². The van der Waals surface area contributed by atoms with Crippen molar-refractivity contribution in [2.45, 2.75) is 37.2 Å². The molecular formula is C10H17BrN2OS. The lowest BCUT2D eigenvalue weighted by molar-refractivity contribution is 0.160. The molecule has 2 fully saturated rings. The first-order valence-corrected chi connectivity index (χ1v) is 7.42. The first-order chi connectivity index (χ1) is 7.20. The number of nitrogens with one attached hydrogen (secondary N) is 1. The van der Waals surface area contributed by atoms with Crippen molar-refractivity contribution in [1.82, 2.24) is 5.32 Å². The maximum atomic E-state index is 9.68. The second kappa shape index (κ2) is 5.06. The lowest BCUT2D eigenvalue weighted by atomic mass is 10.2. The zero-order chi connectivity index (χ0) is 10.8. The number of aliphatic hydroxyl groups excluding tert-OH is 1. The normalized spacial score (nSPS) is 35.5. The number of alkyl halides is 1. The van der Waals surface area contributed by atoms with E-state index in [4.69, 9.17) is 0 Å². The van der Waals surface area contributed by atoms with Gasteiger partial charge in [-0.05, 0) is 25.7 Å². The molecule has 86 valence electrons. The number of aliphatic hydroxyl groups is 1. The van der Waals surface area contributed by atoms with Crippen LogP contribution in [0.15, 0.2) is 4.99 Å². The Balaban J connectivity index is 1.80. The number of rotatable bonds is 4. The third kappa shape index (κ3) is 3.11. The molecule has 3 nitrogen and oxygen atoms in total. The summed E-state index contributed by atoms with van der Waals surface area (Å²) in [5, 5.41) is 15.6. The Morgan fingerprint density at radius 1 is 1.67 bits per heavy atom. The van der Waals surface area contributed by atoms with Crippen LogP contribution in [0.4, 0.5) is 0 Å². The van der Waals surface area contributed by atoms with Crippen molar-refractivity contribution in [2.24, 2.45) is 10.9 Å². The van der Waals surface area contributed by atoms with Crippen LogP contribution in [0.3, 0.4) is 0 Å². The molecule has 3 atom stereocenters. The van der Waals surface area contributed by atoms with Crippen LogP contribution in [0.25, 0.3) is 0 Å². The number of aliphatic imine (C=N–C) groups is 1. The van der Waals surface area contributed by atoms with Gasteiger partial charge in [0.25, 0.3) is 0 Å². The second-order valence-electron chi connectivity index (χ2n) is 4.29. The smallest absolute Gasteiger partial charge is 0.157 e. The molecule has 1 aliphatic carbocycles. The predicted molar refractivity (Wildman–Crippen MR) is 68.8 cm³/mol. The number of hydrogen-bond donors (Lipinski definition) is 2. The lowest BCUT2D eigenvalue weighted by Crippen LogP contribution is -2.29. The summed E-state index contributed by atoms with van der Waals surface area (Å²) in [4.78, 5) is 4.43. The largest absolute Gasteiger partial charge is 0.391 e. The van der Waals surface area contributed by atoms with Crippen molar-refractivity contribution in [3.63, 3.8) is 0 Å². The summed E-state index contributed by atoms with van der Waals surface area (Å²) in [5.74, 6) is 0.519. The van der Waals surface area contributed by atoms with E-state index in [1.54, 1.807) is 11.8 Å². The molecule has 0 aromatic rings. The standard InChI is InChI=1S/C10H17BrN2OS/c1-6-9(4-11)15-10(13-6)12-5-8(14)7-2-3-7/h6-9,14H,2-5H2,1H3,(H,12,13). The Bertz CT molecular complexity index is 258. The fourth-order valence-corrected chi connectivity index (χ4v) is 3.60. The summed E-state index contributed by atoms with van der Waals surface area (Å²) in [6.07, 6.45) is 2.12. The highest BCUT2D eigenvalue weighted by atomic mass is 79.9. The molecule has 2 rings (SSSR count). The van der Waals surface area contributed by atoms with E-state index >= 15 is 0 Å². The van der Waals surface area contributed by atoms with Crippen molar-refractivity contribution in [2.75, 3.05) is 11.9 Å². The van der Waals surface area contributed by atoms with Crippen LogP contribution in [0.1, 0.15) is 19.8 Å². The van der Waals surface area contributed by atoms with E-state index in [1.807, 2.05) is 0 Å². The van der Waals surface area contributed by atoms with Crippen molar-refractivity contribution < 1.29 is 5.11 Å². The zero-order valence-electron chi connectivity index (χ0n) is 8.82. The van der Waals surface area contributed by atoms with Gasteiger partial charge in [-0.3, -0.25) is 4.99 Å². The number of halogens is 1. The van der Waals surface area contributed by atoms with Crippen LogP contribution in [-0.2, 0) is 0 Å². The zero-order valence-corrected chi connectivity index (χ0v) is 11.2. The number of nitrogens with zero attached hydrogens (tertiary/aromatic N) is 1. The first kappa shape index (κ1) is 11.7. The van der Waals surface area contributed by atoms with E-state index in [-0.39, 0.29) is 6.10 Å². The summed E-state index contributed by atoms with van der Waals surface area (Å²) < 4.78 is 0. The number of hydrogen-bond acceptors (Lipinski definition) is 3. The summed E-state index contributed by atoms with van der Waals surface area (Å²) >= 11 is 5.27. The van der Waals surface area contributed by atoms with Crippen molar-refractivity contribution >= 4 is 32.9 Å². The van der Waals surface area contributed by atoms with E-state index in [2.05, 4.69) is 33.2 Å². The third-order valence-corrected chi connectivity index (χ3v) is 5.39. The topological polar surface area (TPSA) is 44.6 Å². The summed E-state index contributed by atoms with van der Waals surface area (Å²) in [6, 6.07) is 0.464. The average Bonchev–Trinajstić information content (AvgIpc) is 3.00. The van der Waals surface area contributed by atoms with Gasteiger partial charge in [0.1, 0.15) is 0 Å². The molecule has 1 saturated heterocycles. The molecule has 0 amide bonds. The van der Waals surface area contributed by atoms with Crippen LogP contribution >= 0.6 is 27.7 Å². The molecule has 5 heteroatoms. The van der Waals surface area contributed by atoms with Gasteiger partial charge in [0.15, 0.2) is 5.17 Å². The van der Waals surface area contributed by atoms with E-state index in [0.29, 0.717) is 23.8 Å². The second-order valence-corrected chi connectivity index (χ2v) is 6.17. The fraction of sp³-hybridized carbons (Fsp3) is 0.900. The van der Waals surface area contributed by atoms with E-state index in [1.165, 1.54) is 12.8 Å². The van der Waals surface area contributed by atoms with Crippen LogP contribution in [0.5, 0.6) is 0 Å². The Morgan fingerprint density at radius 3 is 2.93 bits per heavy atom. The highest BCUT2D eigenvalue weighted by molar-refractivity contribution is 9.09. The molecule has 0 bridgehead atoms. The van der Waals surface area contributed by atoms with Crippen LogP contribution in [0.2, 0.25) is 0 Å². The molecule has 1 aliphatic heterocycles. The summed E-state index contributed by atoms with van der Waals surface area (Å²) in [5.41, 5.74) is 0. The monoisotopic (exact) mass is 292 g/mol. The Kier molecular flexibility index (Phi) is 3.96. The minimum atomic E-state index is -0.224. The highest BCUT2D eigenvalue weighted by Gasteiger charge is 2.31. The molecule has 3 unspecified atom stereocenters. The lowest BCUT2D eigenvalue weighted by Gasteiger charge is -2.07. The number of amidine groups is 1. The Morgan fingerprint density at radius 2 is 2.40 bits per heavy atom. The van der Waals surface area contributed by atoms with Gasteiger partial charge in [0.05, 0.1) is 12.6 Å². The van der Waals surface area contributed by atoms with Gasteiger partial charge in [-0.25, -0.2) is 0 Å². The first-order valence-electron chi connectivity index (χ1n) is 5.42. The summed E-state index contributed by atoms with van der Waals surface area (Å²) in [7, 11) is 0. The van der Waals surface area contributed by atoms with Crippen LogP contribution in [-0.4, -0.2) is 39.5 Å². The van der Waals surface area contributed by atoms with Crippen molar-refractivity contribution in [1.29, 1.82) is 0 Å². The minimum Gasteiger partial charge on any atom is -0.391 e. The molecule has 0 radical (unpaired) electrons. The fourth-order valence-electron chi connectivity index (χ4n) is 1.62. The maximum Gasteiger partial charge on any atom is 0.157 e. The molecule has 15 heavy (non-hydrogen) atoms. The van der Waals surface area contributed by atoms with Gasteiger partial charge in [-0.1, -0.05) is 27.7 Å². The summed E-state index contributed by atoms with van der Waals surface area (Å²) in [6.45, 7) is 2.72. The molecule has 1 saturated carbocycles. The SMILES string of the molecule is CC1NC(=NCC(O)C2CC2)SC1CBr. The van der Waals surface area contributed by atoms with Gasteiger partial charge < -0.3 is 10.4 Å². The van der Waals surface area contributed by atoms with E-state index in [9.17, 15) is 5.11 Å². The molecule has 0 spiro atoms. The quantitative estimate of drug-likeness (QED) is 0.774. The van der Waals surface area contributed by atoms with Gasteiger partial charge >= 0.3 is 0 Å². The van der Waals surface area contributed by atoms with Gasteiger partial charge in [-0.15, -0.1) is 0 Å². The van der Waals surface area contributed by atoms with Crippen LogP contribution < -0.4 is 5.32 Å². The number of thioether (sulfide) groups is 1. The van der Waals surface area contributed by atoms with Crippen molar-refractivity contribution in [3.8, 4) is 0 Å². The minimum absolute atomic E-state index is 0.224. The van der Waals surface area contributed by atoms with Gasteiger partial charge in [0.2, 0.25) is 0 Å². The third-order valence-electron chi connectivity index (χ3n) is 2.91. The maximum absolute atomic E-state index is 9.68. The molecule has 0 aromatic carbocycles. The van der Waals surface area contributed by atoms with Crippen molar-refractivity contribution in [3.05, 3.63) is 0 Å². The predicted octanol–water partition coefficient (Wildman–Crippen LogP) is 1.60. The van der Waals surface area contributed by atoms with E-state index < -0.39 is 0 Å². The average molecular weight is 293 g/mol. The molecule has 1 heterocycles. The van der Waals surface area contributed by atoms with Crippen LogP contribution in [0, 0.1) is 5.92 Å².